The fourth-order valence-corrected chi connectivity index (χ4v) is 1.25. The molecule has 0 saturated carbocycles. The summed E-state index contributed by atoms with van der Waals surface area (Å²) in [6.07, 6.45) is 6.63. The van der Waals surface area contributed by atoms with Crippen LogP contribution in [0, 0.1) is 0 Å². The molecule has 1 saturated heterocycles. The van der Waals surface area contributed by atoms with Crippen LogP contribution < -0.4 is 0 Å². The number of carbonyl (C=O) groups is 1. The Morgan fingerprint density at radius 2 is 2.00 bits per heavy atom. The van der Waals surface area contributed by atoms with Crippen molar-refractivity contribution in [2.45, 2.75) is 26.2 Å². The molecule has 0 bridgehead atoms. The van der Waals surface area contributed by atoms with Gasteiger partial charge in [0.2, 0.25) is 0 Å². The summed E-state index contributed by atoms with van der Waals surface area (Å²) in [6, 6.07) is 0. The van der Waals surface area contributed by atoms with Crippen LogP contribution >= 0.6 is 0 Å². The van der Waals surface area contributed by atoms with Gasteiger partial charge in [-0.15, -0.1) is 5.06 Å². The average Bonchev–Trinajstić information content (AvgIpc) is 2.06. The molecule has 0 spiro atoms. The van der Waals surface area contributed by atoms with Gasteiger partial charge in [0.1, 0.15) is 0 Å². The summed E-state index contributed by atoms with van der Waals surface area (Å²) in [4.78, 5) is 16.0. The maximum atomic E-state index is 11.0. The number of nitrogens with zero attached hydrogens (tertiary/aromatic N) is 1. The lowest BCUT2D eigenvalue weighted by Gasteiger charge is -2.23. The van der Waals surface area contributed by atoms with Crippen molar-refractivity contribution < 1.29 is 9.63 Å². The molecule has 1 fully saturated rings. The lowest BCUT2D eigenvalue weighted by molar-refractivity contribution is -0.187. The second-order valence-corrected chi connectivity index (χ2v) is 2.90. The number of hydroxylamine groups is 2. The molecule has 1 aliphatic rings. The van der Waals surface area contributed by atoms with Crippen LogP contribution in [-0.4, -0.2) is 24.1 Å². The quantitative estimate of drug-likeness (QED) is 0.587. The predicted molar refractivity (Wildman–Crippen MR) is 46.3 cm³/mol. The maximum Gasteiger partial charge on any atom is 0.349 e. The first-order chi connectivity index (χ1) is 5.83. The normalized spacial score (nSPS) is 19.8. The van der Waals surface area contributed by atoms with Gasteiger partial charge in [0.15, 0.2) is 0 Å². The summed E-state index contributed by atoms with van der Waals surface area (Å²) in [5.74, 6) is -0.264. The van der Waals surface area contributed by atoms with E-state index in [1.54, 1.807) is 18.1 Å². The van der Waals surface area contributed by atoms with E-state index in [9.17, 15) is 4.79 Å². The summed E-state index contributed by atoms with van der Waals surface area (Å²) in [5, 5.41) is 1.74. The van der Waals surface area contributed by atoms with Crippen molar-refractivity contribution in [1.82, 2.24) is 5.06 Å². The Morgan fingerprint density at radius 3 is 2.58 bits per heavy atom. The molecule has 1 heterocycles. The Labute approximate surface area is 73.0 Å². The molecule has 0 atom stereocenters. The lowest BCUT2D eigenvalue weighted by Crippen LogP contribution is -2.31. The molecule has 0 amide bonds. The van der Waals surface area contributed by atoms with Crippen LogP contribution in [0.1, 0.15) is 26.2 Å². The summed E-state index contributed by atoms with van der Waals surface area (Å²) in [6.45, 7) is 3.56. The molecular weight excluding hydrogens is 154 g/mol. The van der Waals surface area contributed by atoms with Crippen LogP contribution in [0.15, 0.2) is 12.2 Å². The second-order valence-electron chi connectivity index (χ2n) is 2.90. The average molecular weight is 169 g/mol. The number of piperidine rings is 1. The molecule has 1 rings (SSSR count). The fourth-order valence-electron chi connectivity index (χ4n) is 1.25. The van der Waals surface area contributed by atoms with Gasteiger partial charge in [0, 0.05) is 19.2 Å². The predicted octanol–water partition coefficient (Wildman–Crippen LogP) is 1.51. The van der Waals surface area contributed by atoms with Crippen LogP contribution in [-0.2, 0) is 9.63 Å². The van der Waals surface area contributed by atoms with Crippen LogP contribution in [0.3, 0.4) is 0 Å². The molecule has 0 radical (unpaired) electrons. The number of rotatable bonds is 2. The Hall–Kier alpha value is -0.830. The zero-order valence-electron chi connectivity index (χ0n) is 7.45. The minimum absolute atomic E-state index is 0.264. The van der Waals surface area contributed by atoms with Crippen molar-refractivity contribution in [3.63, 3.8) is 0 Å². The van der Waals surface area contributed by atoms with Gasteiger partial charge in [0.25, 0.3) is 0 Å². The van der Waals surface area contributed by atoms with E-state index in [0.29, 0.717) is 0 Å². The largest absolute Gasteiger partial charge is 0.364 e. The highest BCUT2D eigenvalue weighted by Crippen LogP contribution is 2.08. The zero-order valence-corrected chi connectivity index (χ0v) is 7.45. The molecule has 68 valence electrons. The van der Waals surface area contributed by atoms with Gasteiger partial charge in [0.05, 0.1) is 0 Å². The van der Waals surface area contributed by atoms with Crippen molar-refractivity contribution in [2.75, 3.05) is 13.1 Å². The van der Waals surface area contributed by atoms with E-state index < -0.39 is 0 Å². The van der Waals surface area contributed by atoms with Gasteiger partial charge in [-0.1, -0.05) is 12.5 Å². The third kappa shape index (κ3) is 3.05. The summed E-state index contributed by atoms with van der Waals surface area (Å²) in [7, 11) is 0. The Balaban J connectivity index is 2.24. The highest BCUT2D eigenvalue weighted by atomic mass is 16.7. The minimum Gasteiger partial charge on any atom is -0.364 e. The Kier molecular flexibility index (Phi) is 3.80. The van der Waals surface area contributed by atoms with E-state index in [2.05, 4.69) is 0 Å². The molecule has 3 heteroatoms. The first-order valence-corrected chi connectivity index (χ1v) is 4.42. The van der Waals surface area contributed by atoms with Gasteiger partial charge in [-0.05, 0) is 19.8 Å². The molecule has 1 aliphatic heterocycles. The highest BCUT2D eigenvalue weighted by molar-refractivity contribution is 5.81. The van der Waals surface area contributed by atoms with Gasteiger partial charge < -0.3 is 4.84 Å². The third-order valence-electron chi connectivity index (χ3n) is 1.84. The number of hydrogen-bond donors (Lipinski definition) is 0. The molecule has 0 aromatic rings. The maximum absolute atomic E-state index is 11.0. The van der Waals surface area contributed by atoms with Gasteiger partial charge in [-0.3, -0.25) is 0 Å². The van der Waals surface area contributed by atoms with Crippen molar-refractivity contribution in [3.8, 4) is 0 Å². The fraction of sp³-hybridized carbons (Fsp3) is 0.667. The van der Waals surface area contributed by atoms with E-state index in [1.165, 1.54) is 12.5 Å². The van der Waals surface area contributed by atoms with Crippen molar-refractivity contribution in [1.29, 1.82) is 0 Å². The second kappa shape index (κ2) is 4.93. The molecule has 0 unspecified atom stereocenters. The van der Waals surface area contributed by atoms with E-state index in [4.69, 9.17) is 4.84 Å². The van der Waals surface area contributed by atoms with Crippen molar-refractivity contribution in [3.05, 3.63) is 12.2 Å². The smallest absolute Gasteiger partial charge is 0.349 e. The standard InChI is InChI=1S/C9H15NO2/c1-2-6-9(11)12-10-7-4-3-5-8-10/h2,6H,3-5,7-8H2,1H3/b6-2+. The van der Waals surface area contributed by atoms with Crippen LogP contribution in [0.5, 0.6) is 0 Å². The Morgan fingerprint density at radius 1 is 1.33 bits per heavy atom. The molecule has 0 N–H and O–H groups in total. The molecule has 3 nitrogen and oxygen atoms in total. The summed E-state index contributed by atoms with van der Waals surface area (Å²) < 4.78 is 0. The zero-order chi connectivity index (χ0) is 8.81. The molecule has 0 aromatic carbocycles. The Bertz CT molecular complexity index is 171. The number of allylic oxidation sites excluding steroid dienone is 1. The van der Waals surface area contributed by atoms with Gasteiger partial charge in [-0.25, -0.2) is 4.79 Å². The van der Waals surface area contributed by atoms with Crippen molar-refractivity contribution in [2.24, 2.45) is 0 Å². The van der Waals surface area contributed by atoms with Gasteiger partial charge >= 0.3 is 5.97 Å². The summed E-state index contributed by atoms with van der Waals surface area (Å²) >= 11 is 0. The molecular formula is C9H15NO2. The van der Waals surface area contributed by atoms with E-state index in [-0.39, 0.29) is 5.97 Å². The summed E-state index contributed by atoms with van der Waals surface area (Å²) in [5.41, 5.74) is 0. The first kappa shape index (κ1) is 9.26. The number of carbonyl (C=O) groups excluding carboxylic acids is 1. The lowest BCUT2D eigenvalue weighted by atomic mass is 10.2. The molecule has 0 aliphatic carbocycles. The van der Waals surface area contributed by atoms with Crippen molar-refractivity contribution >= 4 is 5.97 Å². The number of hydrogen-bond acceptors (Lipinski definition) is 3. The van der Waals surface area contributed by atoms with Crippen LogP contribution in [0.2, 0.25) is 0 Å². The van der Waals surface area contributed by atoms with Gasteiger partial charge in [-0.2, -0.15) is 0 Å². The monoisotopic (exact) mass is 169 g/mol. The first-order valence-electron chi connectivity index (χ1n) is 4.42. The SMILES string of the molecule is C/C=C/C(=O)ON1CCCCC1. The molecule has 12 heavy (non-hydrogen) atoms. The van der Waals surface area contributed by atoms with Crippen LogP contribution in [0.25, 0.3) is 0 Å². The molecule has 0 aromatic heterocycles. The topological polar surface area (TPSA) is 29.5 Å². The third-order valence-corrected chi connectivity index (χ3v) is 1.84. The van der Waals surface area contributed by atoms with E-state index in [0.717, 1.165) is 25.9 Å². The highest BCUT2D eigenvalue weighted by Gasteiger charge is 2.12. The van der Waals surface area contributed by atoms with E-state index in [1.807, 2.05) is 0 Å². The minimum atomic E-state index is -0.264. The van der Waals surface area contributed by atoms with E-state index >= 15 is 0 Å². The van der Waals surface area contributed by atoms with Crippen LogP contribution in [0.4, 0.5) is 0 Å².